The van der Waals surface area contributed by atoms with Crippen LogP contribution in [0.25, 0.3) is 5.65 Å². The van der Waals surface area contributed by atoms with Crippen LogP contribution in [0.1, 0.15) is 11.3 Å². The fourth-order valence-electron chi connectivity index (χ4n) is 1.30. The van der Waals surface area contributed by atoms with E-state index in [1.807, 2.05) is 35.9 Å². The zero-order valence-corrected chi connectivity index (χ0v) is 7.54. The van der Waals surface area contributed by atoms with E-state index in [0.717, 1.165) is 16.9 Å². The summed E-state index contributed by atoms with van der Waals surface area (Å²) in [5.41, 5.74) is 3.06. The molecule has 0 unspecified atom stereocenters. The van der Waals surface area contributed by atoms with Gasteiger partial charge in [-0.05, 0) is 13.0 Å². The molecule has 0 atom stereocenters. The summed E-state index contributed by atoms with van der Waals surface area (Å²) >= 11 is 5.76. The lowest BCUT2D eigenvalue weighted by Crippen LogP contribution is -1.87. The molecule has 0 fully saturated rings. The van der Waals surface area contributed by atoms with E-state index < -0.39 is 0 Å². The van der Waals surface area contributed by atoms with Crippen LogP contribution in [-0.2, 0) is 5.88 Å². The van der Waals surface area contributed by atoms with Crippen molar-refractivity contribution in [3.63, 3.8) is 0 Å². The second-order valence-corrected chi connectivity index (χ2v) is 3.05. The Kier molecular flexibility index (Phi) is 1.77. The first-order chi connectivity index (χ1) is 5.81. The first kappa shape index (κ1) is 7.62. The zero-order valence-electron chi connectivity index (χ0n) is 6.79. The quantitative estimate of drug-likeness (QED) is 0.616. The van der Waals surface area contributed by atoms with Crippen LogP contribution in [0.4, 0.5) is 0 Å². The smallest absolute Gasteiger partial charge is 0.141 e. The van der Waals surface area contributed by atoms with E-state index in [4.69, 9.17) is 11.6 Å². The summed E-state index contributed by atoms with van der Waals surface area (Å²) in [6.07, 6.45) is 3.97. The summed E-state index contributed by atoms with van der Waals surface area (Å²) in [7, 11) is 0. The third-order valence-electron chi connectivity index (χ3n) is 1.83. The van der Waals surface area contributed by atoms with Crippen LogP contribution < -0.4 is 0 Å². The average molecular weight is 181 g/mol. The number of imidazole rings is 1. The van der Waals surface area contributed by atoms with E-state index in [1.54, 1.807) is 0 Å². The number of aryl methyl sites for hydroxylation is 1. The second-order valence-electron chi connectivity index (χ2n) is 2.78. The molecule has 0 aromatic carbocycles. The number of halogens is 1. The van der Waals surface area contributed by atoms with E-state index in [-0.39, 0.29) is 0 Å². The van der Waals surface area contributed by atoms with Crippen LogP contribution in [0, 0.1) is 6.92 Å². The SMILES string of the molecule is Cc1cn2cccc(CCl)c2n1. The lowest BCUT2D eigenvalue weighted by Gasteiger charge is -1.96. The van der Waals surface area contributed by atoms with Gasteiger partial charge in [-0.15, -0.1) is 11.6 Å². The van der Waals surface area contributed by atoms with E-state index in [0.29, 0.717) is 5.88 Å². The Bertz CT molecular complexity index is 406. The molecule has 62 valence electrons. The Morgan fingerprint density at radius 2 is 2.42 bits per heavy atom. The summed E-state index contributed by atoms with van der Waals surface area (Å²) in [5, 5.41) is 0. The summed E-state index contributed by atoms with van der Waals surface area (Å²) < 4.78 is 1.99. The molecule has 2 aromatic rings. The van der Waals surface area contributed by atoms with Gasteiger partial charge in [0, 0.05) is 18.0 Å². The van der Waals surface area contributed by atoms with E-state index in [9.17, 15) is 0 Å². The molecule has 12 heavy (non-hydrogen) atoms. The highest BCUT2D eigenvalue weighted by Gasteiger charge is 2.01. The maximum Gasteiger partial charge on any atom is 0.141 e. The maximum atomic E-state index is 5.76. The lowest BCUT2D eigenvalue weighted by atomic mass is 10.3. The predicted molar refractivity (Wildman–Crippen MR) is 49.5 cm³/mol. The highest BCUT2D eigenvalue weighted by atomic mass is 35.5. The van der Waals surface area contributed by atoms with Gasteiger partial charge in [0.2, 0.25) is 0 Å². The molecule has 0 saturated carbocycles. The maximum absolute atomic E-state index is 5.76. The molecule has 2 rings (SSSR count). The number of nitrogens with zero attached hydrogens (tertiary/aromatic N) is 2. The molecule has 0 saturated heterocycles. The van der Waals surface area contributed by atoms with E-state index in [2.05, 4.69) is 4.98 Å². The number of fused-ring (bicyclic) bond motifs is 1. The molecule has 3 heteroatoms. The molecule has 0 aliphatic carbocycles. The van der Waals surface area contributed by atoms with Gasteiger partial charge in [-0.3, -0.25) is 0 Å². The minimum Gasteiger partial charge on any atom is -0.307 e. The third-order valence-corrected chi connectivity index (χ3v) is 2.12. The molecule has 0 radical (unpaired) electrons. The summed E-state index contributed by atoms with van der Waals surface area (Å²) in [6.45, 7) is 1.98. The van der Waals surface area contributed by atoms with Gasteiger partial charge in [0.25, 0.3) is 0 Å². The molecule has 2 aromatic heterocycles. The van der Waals surface area contributed by atoms with Gasteiger partial charge in [0.15, 0.2) is 0 Å². The van der Waals surface area contributed by atoms with Crippen molar-refractivity contribution in [3.05, 3.63) is 35.8 Å². The van der Waals surface area contributed by atoms with Gasteiger partial charge in [-0.25, -0.2) is 4.98 Å². The van der Waals surface area contributed by atoms with Crippen molar-refractivity contribution in [3.8, 4) is 0 Å². The van der Waals surface area contributed by atoms with Gasteiger partial charge in [0.1, 0.15) is 5.65 Å². The number of hydrogen-bond acceptors (Lipinski definition) is 1. The Morgan fingerprint density at radius 3 is 3.17 bits per heavy atom. The van der Waals surface area contributed by atoms with Crippen LogP contribution in [0.2, 0.25) is 0 Å². The van der Waals surface area contributed by atoms with Gasteiger partial charge in [0.05, 0.1) is 11.6 Å². The molecule has 0 amide bonds. The fraction of sp³-hybridized carbons (Fsp3) is 0.222. The van der Waals surface area contributed by atoms with Crippen molar-refractivity contribution in [2.24, 2.45) is 0 Å². The Hall–Kier alpha value is -1.02. The summed E-state index contributed by atoms with van der Waals surface area (Å²) in [4.78, 5) is 4.36. The molecule has 0 aliphatic rings. The first-order valence-electron chi connectivity index (χ1n) is 3.80. The van der Waals surface area contributed by atoms with Crippen LogP contribution in [0.3, 0.4) is 0 Å². The lowest BCUT2D eigenvalue weighted by molar-refractivity contribution is 1.15. The van der Waals surface area contributed by atoms with Crippen molar-refractivity contribution < 1.29 is 0 Å². The van der Waals surface area contributed by atoms with Crippen molar-refractivity contribution in [2.75, 3.05) is 0 Å². The number of alkyl halides is 1. The topological polar surface area (TPSA) is 17.3 Å². The number of hydrogen-bond donors (Lipinski definition) is 0. The average Bonchev–Trinajstić information content (AvgIpc) is 2.44. The van der Waals surface area contributed by atoms with Crippen LogP contribution in [0.5, 0.6) is 0 Å². The minimum atomic E-state index is 0.515. The first-order valence-corrected chi connectivity index (χ1v) is 4.34. The number of pyridine rings is 1. The normalized spacial score (nSPS) is 10.8. The van der Waals surface area contributed by atoms with Gasteiger partial charge < -0.3 is 4.40 Å². The molecule has 0 bridgehead atoms. The zero-order chi connectivity index (χ0) is 8.55. The van der Waals surface area contributed by atoms with Crippen molar-refractivity contribution in [1.82, 2.24) is 9.38 Å². The van der Waals surface area contributed by atoms with E-state index >= 15 is 0 Å². The molecule has 0 spiro atoms. The van der Waals surface area contributed by atoms with Crippen molar-refractivity contribution in [2.45, 2.75) is 12.8 Å². The second kappa shape index (κ2) is 2.79. The van der Waals surface area contributed by atoms with Gasteiger partial charge in [-0.2, -0.15) is 0 Å². The highest BCUT2D eigenvalue weighted by Crippen LogP contribution is 2.12. The van der Waals surface area contributed by atoms with Gasteiger partial charge >= 0.3 is 0 Å². The molecule has 2 nitrogen and oxygen atoms in total. The van der Waals surface area contributed by atoms with Crippen LogP contribution in [0.15, 0.2) is 24.5 Å². The van der Waals surface area contributed by atoms with Gasteiger partial charge in [-0.1, -0.05) is 6.07 Å². The van der Waals surface area contributed by atoms with Crippen LogP contribution in [-0.4, -0.2) is 9.38 Å². The monoisotopic (exact) mass is 180 g/mol. The minimum absolute atomic E-state index is 0.515. The standard InChI is InChI=1S/C9H9ClN2/c1-7-6-12-4-2-3-8(5-10)9(12)11-7/h2-4,6H,5H2,1H3. The fourth-order valence-corrected chi connectivity index (χ4v) is 1.51. The van der Waals surface area contributed by atoms with Crippen molar-refractivity contribution in [1.29, 1.82) is 0 Å². The predicted octanol–water partition coefficient (Wildman–Crippen LogP) is 2.38. The Morgan fingerprint density at radius 1 is 1.58 bits per heavy atom. The molecule has 2 heterocycles. The molecule has 0 N–H and O–H groups in total. The molecular weight excluding hydrogens is 172 g/mol. The molecular formula is C9H9ClN2. The van der Waals surface area contributed by atoms with Crippen LogP contribution >= 0.6 is 11.6 Å². The third kappa shape index (κ3) is 1.08. The largest absolute Gasteiger partial charge is 0.307 e. The highest BCUT2D eigenvalue weighted by molar-refractivity contribution is 6.17. The van der Waals surface area contributed by atoms with E-state index in [1.165, 1.54) is 0 Å². The summed E-state index contributed by atoms with van der Waals surface area (Å²) in [5.74, 6) is 0.515. The molecule has 0 aliphatic heterocycles. The summed E-state index contributed by atoms with van der Waals surface area (Å²) in [6, 6.07) is 3.97. The number of aromatic nitrogens is 2. The Labute approximate surface area is 75.8 Å². The number of rotatable bonds is 1. The van der Waals surface area contributed by atoms with Crippen molar-refractivity contribution >= 4 is 17.2 Å². The Balaban J connectivity index is 2.78.